The molecule has 2 radical (unpaired) electrons. The van der Waals surface area contributed by atoms with Gasteiger partial charge in [-0.15, -0.1) is 0 Å². The van der Waals surface area contributed by atoms with Crippen molar-refractivity contribution < 1.29 is 18.9 Å². The van der Waals surface area contributed by atoms with Gasteiger partial charge in [-0.1, -0.05) is 41.4 Å². The molecule has 18 heavy (non-hydrogen) atoms. The minimum absolute atomic E-state index is 0. The minimum atomic E-state index is 0. The predicted molar refractivity (Wildman–Crippen MR) is 73.7 cm³/mol. The Hall–Kier alpha value is -0.545. The van der Waals surface area contributed by atoms with Crippen molar-refractivity contribution in [3.63, 3.8) is 0 Å². The largest absolute Gasteiger partial charge is 1.00 e. The molecular formula is C13H10Li2N2S. The summed E-state index contributed by atoms with van der Waals surface area (Å²) < 4.78 is 0. The van der Waals surface area contributed by atoms with E-state index in [4.69, 9.17) is 12.6 Å². The van der Waals surface area contributed by atoms with Gasteiger partial charge in [0.25, 0.3) is 0 Å². The zero-order valence-electron chi connectivity index (χ0n) is 10.6. The van der Waals surface area contributed by atoms with E-state index < -0.39 is 0 Å². The Bertz CT molecular complexity index is 475. The third-order valence-electron chi connectivity index (χ3n) is 2.01. The zero-order chi connectivity index (χ0) is 11.2. The first-order chi connectivity index (χ1) is 7.86. The van der Waals surface area contributed by atoms with Crippen molar-refractivity contribution in [1.82, 2.24) is 4.98 Å². The standard InChI is InChI=1S/C13H11N2S.2Li/c16-13(12-8-4-5-9-14-12)15-10-11-6-2-1-3-7-11;;/h1-10H,(H,15,16);;/q;;+1/p-1. The molecule has 0 aliphatic carbocycles. The fourth-order valence-electron chi connectivity index (χ4n) is 1.23. The van der Waals surface area contributed by atoms with Crippen LogP contribution in [0.2, 0.25) is 0 Å². The number of hydrogen-bond acceptors (Lipinski definition) is 3. The van der Waals surface area contributed by atoms with Crippen LogP contribution in [0, 0.1) is 6.54 Å². The molecule has 2 nitrogen and oxygen atoms in total. The quantitative estimate of drug-likeness (QED) is 0.304. The monoisotopic (exact) mass is 240 g/mol. The van der Waals surface area contributed by atoms with Crippen LogP contribution in [-0.4, -0.2) is 28.9 Å². The molecule has 1 aromatic carbocycles. The summed E-state index contributed by atoms with van der Waals surface area (Å²) in [5.74, 6) is 0. The van der Waals surface area contributed by atoms with Crippen molar-refractivity contribution >= 4 is 36.5 Å². The Morgan fingerprint density at radius 3 is 2.33 bits per heavy atom. The van der Waals surface area contributed by atoms with E-state index in [1.54, 1.807) is 12.7 Å². The van der Waals surface area contributed by atoms with E-state index in [9.17, 15) is 0 Å². The van der Waals surface area contributed by atoms with Gasteiger partial charge in [0.15, 0.2) is 0 Å². The van der Waals surface area contributed by atoms with Crippen molar-refractivity contribution in [2.45, 2.75) is 0 Å². The van der Waals surface area contributed by atoms with Gasteiger partial charge in [0.2, 0.25) is 0 Å². The molecule has 1 aromatic heterocycles. The van der Waals surface area contributed by atoms with E-state index in [0.717, 1.165) is 11.3 Å². The molecular weight excluding hydrogens is 230 g/mol. The molecule has 0 N–H and O–H groups in total. The van der Waals surface area contributed by atoms with Gasteiger partial charge in [0.05, 0.1) is 12.2 Å². The van der Waals surface area contributed by atoms with Crippen LogP contribution in [-0.2, 0) is 12.6 Å². The summed E-state index contributed by atoms with van der Waals surface area (Å²) >= 11 is 5.16. The van der Waals surface area contributed by atoms with Crippen molar-refractivity contribution in [3.8, 4) is 0 Å². The van der Waals surface area contributed by atoms with Crippen molar-refractivity contribution in [1.29, 1.82) is 0 Å². The molecule has 0 aliphatic heterocycles. The third kappa shape index (κ3) is 5.40. The van der Waals surface area contributed by atoms with E-state index >= 15 is 0 Å². The Morgan fingerprint density at radius 2 is 1.72 bits per heavy atom. The summed E-state index contributed by atoms with van der Waals surface area (Å²) in [6.07, 6.45) is 1.71. The van der Waals surface area contributed by atoms with Crippen LogP contribution in [0.1, 0.15) is 11.3 Å². The molecule has 0 amide bonds. The Kier molecular flexibility index (Phi) is 9.11. The average Bonchev–Trinajstić information content (AvgIpc) is 2.38. The molecule has 0 saturated heterocycles. The predicted octanol–water partition coefficient (Wildman–Crippen LogP) is -0.792. The molecule has 0 aliphatic rings. The van der Waals surface area contributed by atoms with Crippen LogP contribution in [0.15, 0.2) is 59.7 Å². The summed E-state index contributed by atoms with van der Waals surface area (Å²) in [6.45, 7) is 1.75. The number of nitrogens with zero attached hydrogens (tertiary/aromatic N) is 2. The van der Waals surface area contributed by atoms with Crippen molar-refractivity contribution in [3.05, 3.63) is 72.5 Å². The first-order valence-corrected chi connectivity index (χ1v) is 5.31. The minimum Gasteiger partial charge on any atom is -0.758 e. The molecule has 0 fully saturated rings. The Labute approximate surface area is 137 Å². The fourth-order valence-corrected chi connectivity index (χ4v) is 1.40. The van der Waals surface area contributed by atoms with E-state index in [0.29, 0.717) is 5.04 Å². The number of hydrogen-bond donors (Lipinski definition) is 0. The number of benzene rings is 1. The van der Waals surface area contributed by atoms with Gasteiger partial charge in [-0.05, 0) is 17.7 Å². The van der Waals surface area contributed by atoms with Crippen LogP contribution in [0.4, 0.5) is 0 Å². The SMILES string of the molecule is [Li+].[Li].[S-]C(=N[CH]c1ccccc1)c1ccccn1. The molecule has 2 aromatic rings. The summed E-state index contributed by atoms with van der Waals surface area (Å²) in [6, 6.07) is 15.4. The fraction of sp³-hybridized carbons (Fsp3) is 0. The molecule has 0 bridgehead atoms. The second-order valence-corrected chi connectivity index (χ2v) is 3.58. The van der Waals surface area contributed by atoms with E-state index in [1.165, 1.54) is 0 Å². The number of pyridine rings is 1. The van der Waals surface area contributed by atoms with Gasteiger partial charge in [0.1, 0.15) is 0 Å². The van der Waals surface area contributed by atoms with Gasteiger partial charge in [-0.3, -0.25) is 4.98 Å². The van der Waals surface area contributed by atoms with Gasteiger partial charge in [-0.25, -0.2) is 0 Å². The van der Waals surface area contributed by atoms with Gasteiger partial charge in [-0.2, -0.15) is 0 Å². The molecule has 80 valence electrons. The summed E-state index contributed by atoms with van der Waals surface area (Å²) in [7, 11) is 0. The van der Waals surface area contributed by atoms with E-state index in [2.05, 4.69) is 9.98 Å². The van der Waals surface area contributed by atoms with Crippen LogP contribution >= 0.6 is 0 Å². The molecule has 0 spiro atoms. The average molecular weight is 240 g/mol. The van der Waals surface area contributed by atoms with Crippen LogP contribution < -0.4 is 18.9 Å². The van der Waals surface area contributed by atoms with Gasteiger partial charge in [0, 0.05) is 25.1 Å². The van der Waals surface area contributed by atoms with Gasteiger partial charge < -0.3 is 17.6 Å². The molecule has 0 atom stereocenters. The number of rotatable bonds is 3. The van der Waals surface area contributed by atoms with Crippen molar-refractivity contribution in [2.24, 2.45) is 4.99 Å². The maximum absolute atomic E-state index is 5.16. The van der Waals surface area contributed by atoms with Crippen LogP contribution in [0.5, 0.6) is 0 Å². The topological polar surface area (TPSA) is 25.2 Å². The summed E-state index contributed by atoms with van der Waals surface area (Å²) in [5, 5.41) is 0.504. The molecule has 1 heterocycles. The van der Waals surface area contributed by atoms with Crippen molar-refractivity contribution in [2.75, 3.05) is 0 Å². The molecule has 2 rings (SSSR count). The van der Waals surface area contributed by atoms with E-state index in [1.807, 2.05) is 48.5 Å². The Balaban J connectivity index is 0.00000144. The first kappa shape index (κ1) is 17.5. The smallest absolute Gasteiger partial charge is 0.758 e. The first-order valence-electron chi connectivity index (χ1n) is 4.91. The number of aromatic nitrogens is 1. The summed E-state index contributed by atoms with van der Waals surface area (Å²) in [5.41, 5.74) is 1.76. The second kappa shape index (κ2) is 9.39. The third-order valence-corrected chi connectivity index (χ3v) is 2.33. The van der Waals surface area contributed by atoms with E-state index in [-0.39, 0.29) is 37.7 Å². The normalized spacial score (nSPS) is 10.1. The Morgan fingerprint density at radius 1 is 1.06 bits per heavy atom. The maximum atomic E-state index is 5.16. The number of aliphatic imine (C=N–C) groups is 1. The van der Waals surface area contributed by atoms with Gasteiger partial charge >= 0.3 is 18.9 Å². The maximum Gasteiger partial charge on any atom is 1.00 e. The summed E-state index contributed by atoms with van der Waals surface area (Å²) in [4.78, 5) is 8.34. The molecule has 0 unspecified atom stereocenters. The second-order valence-electron chi connectivity index (χ2n) is 3.19. The molecule has 5 heteroatoms. The molecule has 0 saturated carbocycles. The van der Waals surface area contributed by atoms with Crippen LogP contribution in [0.25, 0.3) is 0 Å². The van der Waals surface area contributed by atoms with Crippen LogP contribution in [0.3, 0.4) is 0 Å². The zero-order valence-corrected chi connectivity index (χ0v) is 11.4.